The van der Waals surface area contributed by atoms with E-state index >= 15 is 0 Å². The molecule has 1 rings (SSSR count). The van der Waals surface area contributed by atoms with E-state index in [1.807, 2.05) is 7.05 Å². The number of hydrogen-bond acceptors (Lipinski definition) is 2. The van der Waals surface area contributed by atoms with Crippen molar-refractivity contribution in [2.45, 2.75) is 46.1 Å². The summed E-state index contributed by atoms with van der Waals surface area (Å²) in [6.45, 7) is 6.39. The van der Waals surface area contributed by atoms with Crippen LogP contribution in [0, 0.1) is 20.8 Å². The maximum absolute atomic E-state index is 10.6. The standard InChI is InChI=1S/C15H23NO2/c1-10-8-9-13(12(3)11(10)2)14(16-4)6-5-7-15(17)18/h8-9,14,16H,5-7H2,1-4H3,(H,17,18). The Morgan fingerprint density at radius 1 is 1.28 bits per heavy atom. The van der Waals surface area contributed by atoms with Crippen LogP contribution in [-0.4, -0.2) is 18.1 Å². The fraction of sp³-hybridized carbons (Fsp3) is 0.533. The van der Waals surface area contributed by atoms with Crippen LogP contribution < -0.4 is 5.32 Å². The van der Waals surface area contributed by atoms with Gasteiger partial charge in [0.1, 0.15) is 0 Å². The van der Waals surface area contributed by atoms with Gasteiger partial charge in [0.2, 0.25) is 0 Å². The molecule has 0 spiro atoms. The molecule has 100 valence electrons. The third kappa shape index (κ3) is 3.57. The molecule has 1 aromatic carbocycles. The molecular formula is C15H23NO2. The van der Waals surface area contributed by atoms with Gasteiger partial charge in [-0.2, -0.15) is 0 Å². The first-order chi connectivity index (χ1) is 8.47. The minimum atomic E-state index is -0.721. The van der Waals surface area contributed by atoms with Crippen LogP contribution in [-0.2, 0) is 4.79 Å². The molecule has 0 aliphatic carbocycles. The van der Waals surface area contributed by atoms with Gasteiger partial charge in [0.15, 0.2) is 0 Å². The highest BCUT2D eigenvalue weighted by Gasteiger charge is 2.14. The Balaban J connectivity index is 2.82. The van der Waals surface area contributed by atoms with Gasteiger partial charge in [-0.05, 0) is 62.9 Å². The first-order valence-electron chi connectivity index (χ1n) is 6.43. The number of nitrogens with one attached hydrogen (secondary N) is 1. The van der Waals surface area contributed by atoms with Crippen LogP contribution in [0.25, 0.3) is 0 Å². The van der Waals surface area contributed by atoms with Gasteiger partial charge in [-0.25, -0.2) is 0 Å². The number of aliphatic carboxylic acids is 1. The predicted molar refractivity (Wildman–Crippen MR) is 73.9 cm³/mol. The topological polar surface area (TPSA) is 49.3 Å². The van der Waals surface area contributed by atoms with E-state index in [1.165, 1.54) is 22.3 Å². The van der Waals surface area contributed by atoms with Crippen molar-refractivity contribution in [3.05, 3.63) is 34.4 Å². The summed E-state index contributed by atoms with van der Waals surface area (Å²) in [6.07, 6.45) is 1.79. The Morgan fingerprint density at radius 2 is 1.94 bits per heavy atom. The summed E-state index contributed by atoms with van der Waals surface area (Å²) >= 11 is 0. The monoisotopic (exact) mass is 249 g/mol. The molecular weight excluding hydrogens is 226 g/mol. The number of carboxylic acids is 1. The van der Waals surface area contributed by atoms with Crippen LogP contribution >= 0.6 is 0 Å². The Morgan fingerprint density at radius 3 is 2.50 bits per heavy atom. The normalized spacial score (nSPS) is 12.4. The van der Waals surface area contributed by atoms with Gasteiger partial charge >= 0.3 is 5.97 Å². The molecule has 1 atom stereocenters. The zero-order chi connectivity index (χ0) is 13.7. The van der Waals surface area contributed by atoms with Gasteiger partial charge in [0.05, 0.1) is 0 Å². The van der Waals surface area contributed by atoms with Crippen LogP contribution in [0.4, 0.5) is 0 Å². The van der Waals surface area contributed by atoms with Crippen molar-refractivity contribution in [1.29, 1.82) is 0 Å². The molecule has 18 heavy (non-hydrogen) atoms. The van der Waals surface area contributed by atoms with Crippen LogP contribution in [0.5, 0.6) is 0 Å². The van der Waals surface area contributed by atoms with Crippen molar-refractivity contribution in [2.75, 3.05) is 7.05 Å². The average molecular weight is 249 g/mol. The van der Waals surface area contributed by atoms with Crippen molar-refractivity contribution in [1.82, 2.24) is 5.32 Å². The molecule has 0 saturated carbocycles. The zero-order valence-electron chi connectivity index (χ0n) is 11.7. The maximum atomic E-state index is 10.6. The van der Waals surface area contributed by atoms with E-state index in [1.54, 1.807) is 0 Å². The largest absolute Gasteiger partial charge is 0.481 e. The van der Waals surface area contributed by atoms with Crippen molar-refractivity contribution >= 4 is 5.97 Å². The molecule has 1 unspecified atom stereocenters. The van der Waals surface area contributed by atoms with E-state index in [2.05, 4.69) is 38.2 Å². The Hall–Kier alpha value is -1.35. The molecule has 0 aliphatic heterocycles. The molecule has 3 nitrogen and oxygen atoms in total. The molecule has 0 radical (unpaired) electrons. The van der Waals surface area contributed by atoms with Gasteiger partial charge in [0, 0.05) is 12.5 Å². The molecule has 2 N–H and O–H groups in total. The number of carboxylic acid groups (broad SMARTS) is 1. The summed E-state index contributed by atoms with van der Waals surface area (Å²) in [5.74, 6) is -0.721. The zero-order valence-corrected chi connectivity index (χ0v) is 11.7. The Labute approximate surface area is 109 Å². The second-order valence-electron chi connectivity index (χ2n) is 4.85. The van der Waals surface area contributed by atoms with Crippen molar-refractivity contribution in [3.8, 4) is 0 Å². The van der Waals surface area contributed by atoms with Gasteiger partial charge in [-0.3, -0.25) is 4.79 Å². The second kappa shape index (κ2) is 6.55. The molecule has 0 fully saturated rings. The molecule has 1 aromatic rings. The fourth-order valence-electron chi connectivity index (χ4n) is 2.27. The van der Waals surface area contributed by atoms with E-state index < -0.39 is 5.97 Å². The molecule has 0 amide bonds. The summed E-state index contributed by atoms with van der Waals surface area (Å²) in [4.78, 5) is 10.6. The minimum absolute atomic E-state index is 0.238. The molecule has 0 saturated heterocycles. The number of benzene rings is 1. The Bertz CT molecular complexity index is 427. The summed E-state index contributed by atoms with van der Waals surface area (Å²) in [6, 6.07) is 4.53. The maximum Gasteiger partial charge on any atom is 0.303 e. The van der Waals surface area contributed by atoms with Gasteiger partial charge in [0.25, 0.3) is 0 Å². The number of carbonyl (C=O) groups is 1. The lowest BCUT2D eigenvalue weighted by Gasteiger charge is -2.20. The fourth-order valence-corrected chi connectivity index (χ4v) is 2.27. The average Bonchev–Trinajstić information content (AvgIpc) is 2.33. The predicted octanol–water partition coefficient (Wildman–Crippen LogP) is 3.13. The minimum Gasteiger partial charge on any atom is -0.481 e. The highest BCUT2D eigenvalue weighted by atomic mass is 16.4. The van der Waals surface area contributed by atoms with E-state index in [4.69, 9.17) is 5.11 Å². The summed E-state index contributed by atoms with van der Waals surface area (Å²) in [5.41, 5.74) is 5.22. The van der Waals surface area contributed by atoms with Crippen molar-refractivity contribution < 1.29 is 9.90 Å². The van der Waals surface area contributed by atoms with Gasteiger partial charge in [-0.15, -0.1) is 0 Å². The van der Waals surface area contributed by atoms with Crippen LogP contribution in [0.2, 0.25) is 0 Å². The molecule has 3 heteroatoms. The van der Waals surface area contributed by atoms with Crippen LogP contribution in [0.3, 0.4) is 0 Å². The molecule has 0 bridgehead atoms. The van der Waals surface area contributed by atoms with Crippen molar-refractivity contribution in [3.63, 3.8) is 0 Å². The lowest BCUT2D eigenvalue weighted by molar-refractivity contribution is -0.137. The van der Waals surface area contributed by atoms with Gasteiger partial charge in [-0.1, -0.05) is 12.1 Å². The first kappa shape index (κ1) is 14.7. The van der Waals surface area contributed by atoms with Gasteiger partial charge < -0.3 is 10.4 Å². The summed E-state index contributed by atoms with van der Waals surface area (Å²) < 4.78 is 0. The third-order valence-electron chi connectivity index (χ3n) is 3.71. The Kier molecular flexibility index (Phi) is 5.35. The highest BCUT2D eigenvalue weighted by molar-refractivity contribution is 5.66. The number of rotatable bonds is 6. The van der Waals surface area contributed by atoms with E-state index in [0.29, 0.717) is 6.42 Å². The number of aryl methyl sites for hydroxylation is 1. The second-order valence-corrected chi connectivity index (χ2v) is 4.85. The lowest BCUT2D eigenvalue weighted by Crippen LogP contribution is -2.18. The third-order valence-corrected chi connectivity index (χ3v) is 3.71. The quantitative estimate of drug-likeness (QED) is 0.814. The highest BCUT2D eigenvalue weighted by Crippen LogP contribution is 2.26. The molecule has 0 aromatic heterocycles. The molecule has 0 heterocycles. The number of hydrogen-bond donors (Lipinski definition) is 2. The van der Waals surface area contributed by atoms with E-state index in [9.17, 15) is 4.79 Å². The summed E-state index contributed by atoms with van der Waals surface area (Å²) in [7, 11) is 1.93. The van der Waals surface area contributed by atoms with Crippen LogP contribution in [0.1, 0.15) is 47.6 Å². The lowest BCUT2D eigenvalue weighted by atomic mass is 9.92. The van der Waals surface area contributed by atoms with Crippen LogP contribution in [0.15, 0.2) is 12.1 Å². The smallest absolute Gasteiger partial charge is 0.303 e. The molecule has 0 aliphatic rings. The SMILES string of the molecule is CNC(CCCC(=O)O)c1ccc(C)c(C)c1C. The first-order valence-corrected chi connectivity index (χ1v) is 6.43. The van der Waals surface area contributed by atoms with Crippen molar-refractivity contribution in [2.24, 2.45) is 0 Å². The summed E-state index contributed by atoms with van der Waals surface area (Å²) in [5, 5.41) is 12.0. The van der Waals surface area contributed by atoms with E-state index in [-0.39, 0.29) is 12.5 Å². The van der Waals surface area contributed by atoms with E-state index in [0.717, 1.165) is 6.42 Å².